The third-order valence-electron chi connectivity index (χ3n) is 3.67. The van der Waals surface area contributed by atoms with Crippen molar-refractivity contribution in [1.82, 2.24) is 4.98 Å². The minimum absolute atomic E-state index is 0.148. The van der Waals surface area contributed by atoms with Crippen molar-refractivity contribution in [3.05, 3.63) is 66.9 Å². The van der Waals surface area contributed by atoms with Crippen LogP contribution in [0.3, 0.4) is 0 Å². The highest BCUT2D eigenvalue weighted by Gasteiger charge is 2.09. The molecule has 0 spiro atoms. The van der Waals surface area contributed by atoms with Crippen molar-refractivity contribution in [3.63, 3.8) is 0 Å². The Morgan fingerprint density at radius 2 is 1.72 bits per heavy atom. The highest BCUT2D eigenvalue weighted by atomic mass is 16.5. The Morgan fingerprint density at radius 1 is 0.920 bits per heavy atom. The van der Waals surface area contributed by atoms with Crippen LogP contribution in [0.1, 0.15) is 19.3 Å². The SMILES string of the molecule is O=C(CCCC(=O)Oc1ccccc1)Nc1cccc2cccnc12. The fourth-order valence-electron chi connectivity index (χ4n) is 2.48. The first-order valence-electron chi connectivity index (χ1n) is 8.12. The van der Waals surface area contributed by atoms with Crippen molar-refractivity contribution < 1.29 is 14.3 Å². The summed E-state index contributed by atoms with van der Waals surface area (Å²) in [5.41, 5.74) is 1.43. The van der Waals surface area contributed by atoms with E-state index in [0.717, 1.165) is 10.9 Å². The second-order valence-corrected chi connectivity index (χ2v) is 5.57. The molecule has 1 amide bonds. The van der Waals surface area contributed by atoms with Crippen LogP contribution >= 0.6 is 0 Å². The minimum atomic E-state index is -0.342. The van der Waals surface area contributed by atoms with E-state index < -0.39 is 0 Å². The molecule has 5 heteroatoms. The van der Waals surface area contributed by atoms with Gasteiger partial charge in [-0.05, 0) is 30.7 Å². The van der Waals surface area contributed by atoms with Gasteiger partial charge < -0.3 is 10.1 Å². The largest absolute Gasteiger partial charge is 0.427 e. The van der Waals surface area contributed by atoms with E-state index in [1.54, 1.807) is 30.5 Å². The van der Waals surface area contributed by atoms with E-state index in [4.69, 9.17) is 4.74 Å². The number of hydrogen-bond donors (Lipinski definition) is 1. The molecule has 0 saturated carbocycles. The van der Waals surface area contributed by atoms with E-state index in [9.17, 15) is 9.59 Å². The topological polar surface area (TPSA) is 68.3 Å². The lowest BCUT2D eigenvalue weighted by atomic mass is 10.2. The molecular formula is C20H18N2O3. The Morgan fingerprint density at radius 3 is 2.56 bits per heavy atom. The maximum Gasteiger partial charge on any atom is 0.311 e. The first-order chi connectivity index (χ1) is 12.2. The lowest BCUT2D eigenvalue weighted by Gasteiger charge is -2.08. The normalized spacial score (nSPS) is 10.4. The van der Waals surface area contributed by atoms with Crippen molar-refractivity contribution in [2.24, 2.45) is 0 Å². The van der Waals surface area contributed by atoms with Crippen molar-refractivity contribution in [3.8, 4) is 5.75 Å². The summed E-state index contributed by atoms with van der Waals surface area (Å²) in [6, 6.07) is 18.3. The van der Waals surface area contributed by atoms with Crippen molar-refractivity contribution in [2.45, 2.75) is 19.3 Å². The highest BCUT2D eigenvalue weighted by molar-refractivity contribution is 6.00. The number of esters is 1. The fourth-order valence-corrected chi connectivity index (χ4v) is 2.48. The fraction of sp³-hybridized carbons (Fsp3) is 0.150. The van der Waals surface area contributed by atoms with Crippen LogP contribution in [0.5, 0.6) is 5.75 Å². The molecule has 0 saturated heterocycles. The Balaban J connectivity index is 1.49. The third kappa shape index (κ3) is 4.64. The van der Waals surface area contributed by atoms with Crippen molar-refractivity contribution >= 4 is 28.5 Å². The summed E-state index contributed by atoms with van der Waals surface area (Å²) in [6.07, 6.45) is 2.55. The summed E-state index contributed by atoms with van der Waals surface area (Å²) in [4.78, 5) is 28.2. The van der Waals surface area contributed by atoms with Gasteiger partial charge in [-0.2, -0.15) is 0 Å². The number of pyridine rings is 1. The summed E-state index contributed by atoms with van der Waals surface area (Å²) in [5, 5.41) is 3.82. The average Bonchev–Trinajstić information content (AvgIpc) is 2.63. The Labute approximate surface area is 145 Å². The molecule has 0 unspecified atom stereocenters. The van der Waals surface area contributed by atoms with Crippen LogP contribution < -0.4 is 10.1 Å². The summed E-state index contributed by atoms with van der Waals surface area (Å²) in [7, 11) is 0. The maximum absolute atomic E-state index is 12.1. The quantitative estimate of drug-likeness (QED) is 0.547. The number of nitrogens with zero attached hydrogens (tertiary/aromatic N) is 1. The van der Waals surface area contributed by atoms with Crippen LogP contribution in [0.4, 0.5) is 5.69 Å². The van der Waals surface area contributed by atoms with Gasteiger partial charge in [0.15, 0.2) is 0 Å². The Hall–Kier alpha value is -3.21. The summed E-state index contributed by atoms with van der Waals surface area (Å²) >= 11 is 0. The number of rotatable bonds is 6. The maximum atomic E-state index is 12.1. The Kier molecular flexibility index (Phi) is 5.36. The number of nitrogens with one attached hydrogen (secondary N) is 1. The smallest absolute Gasteiger partial charge is 0.311 e. The molecule has 2 aromatic carbocycles. The van der Waals surface area contributed by atoms with E-state index >= 15 is 0 Å². The predicted molar refractivity (Wildman–Crippen MR) is 96.3 cm³/mol. The number of aromatic nitrogens is 1. The van der Waals surface area contributed by atoms with Gasteiger partial charge in [-0.15, -0.1) is 0 Å². The number of carbonyl (C=O) groups is 2. The molecule has 0 aliphatic carbocycles. The zero-order valence-electron chi connectivity index (χ0n) is 13.6. The van der Waals surface area contributed by atoms with Gasteiger partial charge in [-0.3, -0.25) is 14.6 Å². The molecule has 0 atom stereocenters. The van der Waals surface area contributed by atoms with Crippen LogP contribution in [0.2, 0.25) is 0 Å². The monoisotopic (exact) mass is 334 g/mol. The van der Waals surface area contributed by atoms with E-state index in [-0.39, 0.29) is 24.7 Å². The molecule has 1 N–H and O–H groups in total. The number of amides is 1. The van der Waals surface area contributed by atoms with Crippen LogP contribution in [0.25, 0.3) is 10.9 Å². The number of benzene rings is 2. The van der Waals surface area contributed by atoms with Crippen LogP contribution in [-0.2, 0) is 9.59 Å². The summed E-state index contributed by atoms with van der Waals surface area (Å²) in [6.45, 7) is 0. The molecule has 0 fully saturated rings. The lowest BCUT2D eigenvalue weighted by Crippen LogP contribution is -2.14. The number of fused-ring (bicyclic) bond motifs is 1. The van der Waals surface area contributed by atoms with Gasteiger partial charge in [0.1, 0.15) is 5.75 Å². The second-order valence-electron chi connectivity index (χ2n) is 5.57. The zero-order valence-corrected chi connectivity index (χ0v) is 13.6. The van der Waals surface area contributed by atoms with Crippen LogP contribution in [-0.4, -0.2) is 16.9 Å². The number of ether oxygens (including phenoxy) is 1. The molecule has 1 heterocycles. The number of hydrogen-bond acceptors (Lipinski definition) is 4. The summed E-state index contributed by atoms with van der Waals surface area (Å²) in [5.74, 6) is 0.0234. The highest BCUT2D eigenvalue weighted by Crippen LogP contribution is 2.21. The molecule has 0 bridgehead atoms. The number of anilines is 1. The average molecular weight is 334 g/mol. The first kappa shape index (κ1) is 16.6. The van der Waals surface area contributed by atoms with Crippen LogP contribution in [0.15, 0.2) is 66.9 Å². The van der Waals surface area contributed by atoms with E-state index in [1.165, 1.54) is 0 Å². The van der Waals surface area contributed by atoms with Gasteiger partial charge in [0.25, 0.3) is 0 Å². The van der Waals surface area contributed by atoms with Crippen molar-refractivity contribution in [2.75, 3.05) is 5.32 Å². The molecule has 126 valence electrons. The molecule has 3 aromatic rings. The zero-order chi connectivity index (χ0) is 17.5. The van der Waals surface area contributed by atoms with Gasteiger partial charge >= 0.3 is 5.97 Å². The van der Waals surface area contributed by atoms with E-state index in [1.807, 2.05) is 36.4 Å². The molecule has 25 heavy (non-hydrogen) atoms. The summed E-state index contributed by atoms with van der Waals surface area (Å²) < 4.78 is 5.19. The third-order valence-corrected chi connectivity index (χ3v) is 3.67. The first-order valence-corrected chi connectivity index (χ1v) is 8.12. The van der Waals surface area contributed by atoms with Gasteiger partial charge in [0, 0.05) is 24.4 Å². The second kappa shape index (κ2) is 8.06. The molecule has 0 aliphatic heterocycles. The molecule has 1 aromatic heterocycles. The molecule has 3 rings (SSSR count). The standard InChI is InChI=1S/C20H18N2O3/c23-18(12-5-13-19(24)25-16-9-2-1-3-10-16)22-17-11-4-7-15-8-6-14-21-20(15)17/h1-4,6-11,14H,5,12-13H2,(H,22,23). The lowest BCUT2D eigenvalue weighted by molar-refractivity contribution is -0.134. The minimum Gasteiger partial charge on any atom is -0.427 e. The molecule has 0 radical (unpaired) electrons. The Bertz CT molecular complexity index is 873. The van der Waals surface area contributed by atoms with Crippen LogP contribution in [0, 0.1) is 0 Å². The van der Waals surface area contributed by atoms with Gasteiger partial charge in [-0.25, -0.2) is 0 Å². The number of para-hydroxylation sites is 2. The predicted octanol–water partition coefficient (Wildman–Crippen LogP) is 3.95. The molecule has 0 aliphatic rings. The van der Waals surface area contributed by atoms with Crippen molar-refractivity contribution in [1.29, 1.82) is 0 Å². The van der Waals surface area contributed by atoms with Gasteiger partial charge in [0.2, 0.25) is 5.91 Å². The molecular weight excluding hydrogens is 316 g/mol. The number of carbonyl (C=O) groups excluding carboxylic acids is 2. The van der Waals surface area contributed by atoms with E-state index in [0.29, 0.717) is 17.9 Å². The van der Waals surface area contributed by atoms with Gasteiger partial charge in [0.05, 0.1) is 11.2 Å². The van der Waals surface area contributed by atoms with Gasteiger partial charge in [-0.1, -0.05) is 36.4 Å². The van der Waals surface area contributed by atoms with E-state index in [2.05, 4.69) is 10.3 Å². The molecule has 5 nitrogen and oxygen atoms in total.